The van der Waals surface area contributed by atoms with Crippen molar-refractivity contribution in [3.05, 3.63) is 257 Å². The Kier molecular flexibility index (Phi) is 7.35. The molecule has 8 aromatic rings. The third-order valence-corrected chi connectivity index (χ3v) is 13.5. The molecule has 4 aliphatic carbocycles. The van der Waals surface area contributed by atoms with Gasteiger partial charge >= 0.3 is 0 Å². The van der Waals surface area contributed by atoms with Gasteiger partial charge in [-0.3, -0.25) is 0 Å². The lowest BCUT2D eigenvalue weighted by Crippen LogP contribution is -2.46. The second-order valence-electron chi connectivity index (χ2n) is 16.2. The Morgan fingerprint density at radius 2 is 1.22 bits per heavy atom. The van der Waals surface area contributed by atoms with Crippen molar-refractivity contribution >= 4 is 38.9 Å². The molecular weight excluding hydrogens is 703 g/mol. The molecule has 1 heterocycles. The van der Waals surface area contributed by atoms with Gasteiger partial charge in [0.15, 0.2) is 0 Å². The van der Waals surface area contributed by atoms with Gasteiger partial charge in [0.25, 0.3) is 0 Å². The molecule has 4 aliphatic rings. The van der Waals surface area contributed by atoms with Crippen LogP contribution in [-0.4, -0.2) is 0 Å². The van der Waals surface area contributed by atoms with E-state index in [1.807, 2.05) is 6.07 Å². The molecule has 0 saturated heterocycles. The van der Waals surface area contributed by atoms with Crippen LogP contribution < -0.4 is 4.90 Å². The van der Waals surface area contributed by atoms with E-state index in [0.29, 0.717) is 5.92 Å². The van der Waals surface area contributed by atoms with E-state index in [1.165, 1.54) is 55.8 Å². The lowest BCUT2D eigenvalue weighted by molar-refractivity contribution is 0.454. The summed E-state index contributed by atoms with van der Waals surface area (Å²) in [5.74, 6) is 0.295. The van der Waals surface area contributed by atoms with E-state index in [0.717, 1.165) is 52.6 Å². The van der Waals surface area contributed by atoms with Gasteiger partial charge < -0.3 is 9.32 Å². The molecule has 2 nitrogen and oxygen atoms in total. The fourth-order valence-corrected chi connectivity index (χ4v) is 11.2. The highest BCUT2D eigenvalue weighted by molar-refractivity contribution is 6.06. The van der Waals surface area contributed by atoms with E-state index in [2.05, 4.69) is 205 Å². The van der Waals surface area contributed by atoms with Gasteiger partial charge in [-0.05, 0) is 112 Å². The summed E-state index contributed by atoms with van der Waals surface area (Å²) >= 11 is 0. The van der Waals surface area contributed by atoms with Crippen LogP contribution in [0.4, 0.5) is 11.4 Å². The van der Waals surface area contributed by atoms with Crippen LogP contribution in [0.2, 0.25) is 0 Å². The number of hydrogen-bond acceptors (Lipinski definition) is 2. The highest BCUT2D eigenvalue weighted by Crippen LogP contribution is 2.67. The number of fused-ring (bicyclic) bond motifs is 8. The molecule has 58 heavy (non-hydrogen) atoms. The van der Waals surface area contributed by atoms with E-state index in [9.17, 15) is 0 Å². The Labute approximate surface area is 339 Å². The first-order valence-corrected chi connectivity index (χ1v) is 20.7. The van der Waals surface area contributed by atoms with Crippen molar-refractivity contribution in [2.24, 2.45) is 5.92 Å². The molecule has 1 aromatic heterocycles. The van der Waals surface area contributed by atoms with Crippen molar-refractivity contribution in [2.45, 2.75) is 30.1 Å². The minimum Gasteiger partial charge on any atom is -0.456 e. The fraction of sp³-hybridized carbons (Fsp3) is 0.107. The summed E-state index contributed by atoms with van der Waals surface area (Å²) in [7, 11) is 0. The summed E-state index contributed by atoms with van der Waals surface area (Å²) in [6.07, 6.45) is 17.0. The van der Waals surface area contributed by atoms with Gasteiger partial charge in [-0.1, -0.05) is 164 Å². The minimum absolute atomic E-state index is 0.295. The minimum atomic E-state index is -0.565. The highest BCUT2D eigenvalue weighted by atomic mass is 16.3. The number of para-hydroxylation sites is 1. The average molecular weight is 744 g/mol. The van der Waals surface area contributed by atoms with Gasteiger partial charge in [0.1, 0.15) is 11.2 Å². The van der Waals surface area contributed by atoms with Crippen molar-refractivity contribution in [3.8, 4) is 0 Å². The molecule has 12 rings (SSSR count). The summed E-state index contributed by atoms with van der Waals surface area (Å²) in [4.78, 5) is 2.41. The number of anilines is 2. The maximum atomic E-state index is 6.26. The molecule has 276 valence electrons. The number of hydrogen-bond donors (Lipinski definition) is 0. The Bertz CT molecular complexity index is 3040. The maximum Gasteiger partial charge on any atom is 0.135 e. The molecule has 0 saturated carbocycles. The summed E-state index contributed by atoms with van der Waals surface area (Å²) < 4.78 is 6.26. The van der Waals surface area contributed by atoms with Crippen molar-refractivity contribution in [3.63, 3.8) is 0 Å². The Morgan fingerprint density at radius 1 is 0.534 bits per heavy atom. The van der Waals surface area contributed by atoms with Crippen LogP contribution in [0, 0.1) is 5.92 Å². The maximum absolute atomic E-state index is 6.26. The zero-order chi connectivity index (χ0) is 38.3. The monoisotopic (exact) mass is 743 g/mol. The van der Waals surface area contributed by atoms with Crippen molar-refractivity contribution in [1.82, 2.24) is 0 Å². The van der Waals surface area contributed by atoms with Crippen LogP contribution >= 0.6 is 0 Å². The smallest absolute Gasteiger partial charge is 0.135 e. The van der Waals surface area contributed by atoms with Crippen molar-refractivity contribution < 1.29 is 4.42 Å². The molecule has 0 amide bonds. The third-order valence-electron chi connectivity index (χ3n) is 13.5. The summed E-state index contributed by atoms with van der Waals surface area (Å²) in [6, 6.07) is 63.6. The number of furan rings is 1. The normalized spacial score (nSPS) is 21.3. The lowest BCUT2D eigenvalue weighted by atomic mass is 9.50. The topological polar surface area (TPSA) is 16.4 Å². The van der Waals surface area contributed by atoms with E-state index in [-0.39, 0.29) is 5.41 Å². The predicted molar refractivity (Wildman–Crippen MR) is 239 cm³/mol. The zero-order valence-electron chi connectivity index (χ0n) is 32.2. The first-order chi connectivity index (χ1) is 28.8. The number of benzene rings is 7. The molecule has 2 heteroatoms. The highest BCUT2D eigenvalue weighted by Gasteiger charge is 2.60. The zero-order valence-corrected chi connectivity index (χ0v) is 32.2. The second-order valence-corrected chi connectivity index (χ2v) is 16.2. The molecule has 0 radical (unpaired) electrons. The standard InChI is InChI=1S/C56H41NO/c1-4-17-38(18-5-1)55(40-31-33-42(34-32-40)57(41-21-8-3-9-22-41)43-35-36-53-47(37-43)45-24-11-15-30-52(45)58-53)49-27-13-14-28-50(49)56(39-19-6-2-7-20-39)48-26-12-10-23-44(48)46-25-16-29-51(55)54(46)56/h1-2,4-8,10-25,27-37,48H,3,9,26H2. The molecule has 0 N–H and O–H groups in total. The Balaban J connectivity index is 1.11. The van der Waals surface area contributed by atoms with E-state index in [1.54, 1.807) is 0 Å². The second kappa shape index (κ2) is 12.8. The van der Waals surface area contributed by atoms with Gasteiger partial charge in [-0.25, -0.2) is 0 Å². The third kappa shape index (κ3) is 4.49. The molecule has 0 fully saturated rings. The summed E-state index contributed by atoms with van der Waals surface area (Å²) in [6.45, 7) is 0. The van der Waals surface area contributed by atoms with E-state index in [4.69, 9.17) is 4.42 Å². The van der Waals surface area contributed by atoms with Gasteiger partial charge in [-0.15, -0.1) is 0 Å². The largest absolute Gasteiger partial charge is 0.456 e. The van der Waals surface area contributed by atoms with Crippen molar-refractivity contribution in [1.29, 1.82) is 0 Å². The van der Waals surface area contributed by atoms with Crippen LogP contribution in [0.15, 0.2) is 216 Å². The SMILES string of the molecule is C1=CCC2C(=C1)c1cccc3c1C2(c1ccccc1)c1ccccc1C3(c1ccccc1)c1ccc(N(C2=CCCC=C2)c2ccc3oc4ccccc4c3c2)cc1. The van der Waals surface area contributed by atoms with Gasteiger partial charge in [-0.2, -0.15) is 0 Å². The van der Waals surface area contributed by atoms with Crippen LogP contribution in [0.1, 0.15) is 63.8 Å². The fourth-order valence-electron chi connectivity index (χ4n) is 11.2. The van der Waals surface area contributed by atoms with E-state index < -0.39 is 5.41 Å². The van der Waals surface area contributed by atoms with Crippen LogP contribution in [0.5, 0.6) is 0 Å². The average Bonchev–Trinajstić information content (AvgIpc) is 3.83. The summed E-state index contributed by atoms with van der Waals surface area (Å²) in [5, 5.41) is 2.26. The van der Waals surface area contributed by atoms with Crippen LogP contribution in [0.25, 0.3) is 27.5 Å². The Morgan fingerprint density at radius 3 is 2.03 bits per heavy atom. The predicted octanol–water partition coefficient (Wildman–Crippen LogP) is 14.0. The van der Waals surface area contributed by atoms with Crippen LogP contribution in [0.3, 0.4) is 0 Å². The summed E-state index contributed by atoms with van der Waals surface area (Å²) in [5.41, 5.74) is 16.7. The molecule has 0 aliphatic heterocycles. The molecular formula is C56H41NO. The lowest BCUT2D eigenvalue weighted by Gasteiger charge is -2.51. The number of allylic oxidation sites excluding steroid dienone is 7. The molecule has 0 spiro atoms. The molecule has 3 unspecified atom stereocenters. The van der Waals surface area contributed by atoms with Crippen LogP contribution in [-0.2, 0) is 10.8 Å². The van der Waals surface area contributed by atoms with Gasteiger partial charge in [0, 0.05) is 33.8 Å². The van der Waals surface area contributed by atoms with Gasteiger partial charge in [0.2, 0.25) is 0 Å². The van der Waals surface area contributed by atoms with Crippen molar-refractivity contribution in [2.75, 3.05) is 4.90 Å². The van der Waals surface area contributed by atoms with Gasteiger partial charge in [0.05, 0.1) is 10.8 Å². The quantitative estimate of drug-likeness (QED) is 0.169. The van der Waals surface area contributed by atoms with E-state index >= 15 is 0 Å². The number of nitrogens with zero attached hydrogens (tertiary/aromatic N) is 1. The first kappa shape index (κ1) is 33.3. The molecule has 0 bridgehead atoms. The first-order valence-electron chi connectivity index (χ1n) is 20.7. The molecule has 3 atom stereocenters. The number of rotatable bonds is 6. The Hall–Kier alpha value is -6.90. The molecule has 7 aromatic carbocycles.